The SMILES string of the molecule is O=C(N/N=C\c1cccc(O)c1)c1cc(-c2cc(Cl)cc(Cl)c2)n[nH]1. The number of amides is 1. The highest BCUT2D eigenvalue weighted by Crippen LogP contribution is 2.26. The zero-order chi connectivity index (χ0) is 17.8. The minimum Gasteiger partial charge on any atom is -0.508 e. The van der Waals surface area contributed by atoms with E-state index in [1.54, 1.807) is 42.5 Å². The highest BCUT2D eigenvalue weighted by Gasteiger charge is 2.11. The number of phenolic OH excluding ortho intramolecular Hbond substituents is 1. The van der Waals surface area contributed by atoms with E-state index in [1.807, 2.05) is 0 Å². The van der Waals surface area contributed by atoms with Crippen LogP contribution in [0.3, 0.4) is 0 Å². The number of nitrogens with one attached hydrogen (secondary N) is 2. The van der Waals surface area contributed by atoms with Crippen molar-refractivity contribution in [2.24, 2.45) is 5.10 Å². The first-order valence-electron chi connectivity index (χ1n) is 7.15. The summed E-state index contributed by atoms with van der Waals surface area (Å²) >= 11 is 11.9. The maximum atomic E-state index is 12.1. The summed E-state index contributed by atoms with van der Waals surface area (Å²) in [6, 6.07) is 13.1. The molecule has 3 N–H and O–H groups in total. The summed E-state index contributed by atoms with van der Waals surface area (Å²) in [4.78, 5) is 12.1. The van der Waals surface area contributed by atoms with Gasteiger partial charge in [0.15, 0.2) is 0 Å². The first-order valence-corrected chi connectivity index (χ1v) is 7.91. The maximum absolute atomic E-state index is 12.1. The summed E-state index contributed by atoms with van der Waals surface area (Å²) in [5, 5.41) is 20.9. The van der Waals surface area contributed by atoms with Crippen molar-refractivity contribution >= 4 is 35.3 Å². The Bertz CT molecular complexity index is 933. The number of hydrogen-bond acceptors (Lipinski definition) is 4. The molecule has 0 aliphatic rings. The third-order valence-electron chi connectivity index (χ3n) is 3.23. The molecule has 2 aromatic carbocycles. The number of aromatic nitrogens is 2. The predicted molar refractivity (Wildman–Crippen MR) is 97.2 cm³/mol. The van der Waals surface area contributed by atoms with Crippen LogP contribution in [0.15, 0.2) is 53.6 Å². The van der Waals surface area contributed by atoms with Crippen LogP contribution in [0.2, 0.25) is 10.0 Å². The number of aromatic amines is 1. The molecule has 25 heavy (non-hydrogen) atoms. The van der Waals surface area contributed by atoms with Crippen molar-refractivity contribution < 1.29 is 9.90 Å². The number of benzene rings is 2. The molecular formula is C17H12Cl2N4O2. The van der Waals surface area contributed by atoms with Gasteiger partial charge in [0.2, 0.25) is 0 Å². The van der Waals surface area contributed by atoms with Crippen LogP contribution in [0, 0.1) is 0 Å². The van der Waals surface area contributed by atoms with Crippen LogP contribution in [0.4, 0.5) is 0 Å². The fourth-order valence-electron chi connectivity index (χ4n) is 2.12. The predicted octanol–water partition coefficient (Wildman–Crippen LogP) is 3.85. The summed E-state index contributed by atoms with van der Waals surface area (Å²) in [6.07, 6.45) is 1.42. The lowest BCUT2D eigenvalue weighted by atomic mass is 10.1. The molecule has 0 radical (unpaired) electrons. The van der Waals surface area contributed by atoms with Gasteiger partial charge in [0, 0.05) is 15.6 Å². The van der Waals surface area contributed by atoms with E-state index in [4.69, 9.17) is 23.2 Å². The van der Waals surface area contributed by atoms with Crippen molar-refractivity contribution in [3.63, 3.8) is 0 Å². The zero-order valence-electron chi connectivity index (χ0n) is 12.7. The van der Waals surface area contributed by atoms with Gasteiger partial charge in [0.05, 0.1) is 11.9 Å². The van der Waals surface area contributed by atoms with Gasteiger partial charge in [0.25, 0.3) is 5.91 Å². The molecule has 0 unspecified atom stereocenters. The number of hydrazone groups is 1. The average Bonchev–Trinajstić information content (AvgIpc) is 3.04. The van der Waals surface area contributed by atoms with Gasteiger partial charge in [-0.3, -0.25) is 9.89 Å². The first kappa shape index (κ1) is 17.0. The van der Waals surface area contributed by atoms with E-state index < -0.39 is 5.91 Å². The Morgan fingerprint density at radius 3 is 2.64 bits per heavy atom. The lowest BCUT2D eigenvalue weighted by Crippen LogP contribution is -2.17. The van der Waals surface area contributed by atoms with Gasteiger partial charge < -0.3 is 5.11 Å². The number of hydrogen-bond donors (Lipinski definition) is 3. The van der Waals surface area contributed by atoms with Crippen molar-refractivity contribution in [1.82, 2.24) is 15.6 Å². The van der Waals surface area contributed by atoms with Gasteiger partial charge in [-0.2, -0.15) is 10.2 Å². The molecule has 126 valence electrons. The minimum atomic E-state index is -0.455. The number of aromatic hydroxyl groups is 1. The molecule has 0 saturated heterocycles. The Kier molecular flexibility index (Phi) is 5.02. The monoisotopic (exact) mass is 374 g/mol. The second-order valence-corrected chi connectivity index (χ2v) is 5.99. The van der Waals surface area contributed by atoms with Crippen LogP contribution in [0.5, 0.6) is 5.75 Å². The Morgan fingerprint density at radius 2 is 1.92 bits per heavy atom. The van der Waals surface area contributed by atoms with E-state index in [0.717, 1.165) is 0 Å². The Labute approximate surface area is 153 Å². The standard InChI is InChI=1S/C17H12Cl2N4O2/c18-12-5-11(6-13(19)7-12)15-8-16(22-21-15)17(25)23-20-9-10-2-1-3-14(24)4-10/h1-9,24H,(H,21,22)(H,23,25)/b20-9-. The molecule has 8 heteroatoms. The van der Waals surface area contributed by atoms with Crippen molar-refractivity contribution in [2.75, 3.05) is 0 Å². The number of carbonyl (C=O) groups is 1. The van der Waals surface area contributed by atoms with Crippen molar-refractivity contribution in [2.45, 2.75) is 0 Å². The van der Waals surface area contributed by atoms with Crippen molar-refractivity contribution in [1.29, 1.82) is 0 Å². The summed E-state index contributed by atoms with van der Waals surface area (Å²) in [5.74, 6) is -0.336. The molecule has 1 heterocycles. The first-order chi connectivity index (χ1) is 12.0. The van der Waals surface area contributed by atoms with E-state index in [-0.39, 0.29) is 11.4 Å². The zero-order valence-corrected chi connectivity index (χ0v) is 14.2. The van der Waals surface area contributed by atoms with Gasteiger partial charge >= 0.3 is 0 Å². The summed E-state index contributed by atoms with van der Waals surface area (Å²) in [6.45, 7) is 0. The molecule has 3 rings (SSSR count). The Morgan fingerprint density at radius 1 is 1.16 bits per heavy atom. The van der Waals surface area contributed by atoms with Gasteiger partial charge in [-0.1, -0.05) is 35.3 Å². The molecule has 6 nitrogen and oxygen atoms in total. The summed E-state index contributed by atoms with van der Waals surface area (Å²) in [7, 11) is 0. The molecular weight excluding hydrogens is 363 g/mol. The average molecular weight is 375 g/mol. The molecule has 0 atom stereocenters. The Hall–Kier alpha value is -2.83. The van der Waals surface area contributed by atoms with Crippen LogP contribution in [0.1, 0.15) is 16.1 Å². The van der Waals surface area contributed by atoms with Gasteiger partial charge in [0.1, 0.15) is 11.4 Å². The second-order valence-electron chi connectivity index (χ2n) is 5.12. The molecule has 0 saturated carbocycles. The largest absolute Gasteiger partial charge is 0.508 e. The molecule has 0 aliphatic heterocycles. The molecule has 3 aromatic rings. The van der Waals surface area contributed by atoms with Crippen LogP contribution in [0.25, 0.3) is 11.3 Å². The van der Waals surface area contributed by atoms with E-state index in [2.05, 4.69) is 20.7 Å². The lowest BCUT2D eigenvalue weighted by molar-refractivity contribution is 0.0950. The smallest absolute Gasteiger partial charge is 0.289 e. The van der Waals surface area contributed by atoms with E-state index in [1.165, 1.54) is 12.3 Å². The molecule has 1 amide bonds. The normalized spacial score (nSPS) is 11.0. The molecule has 0 aliphatic carbocycles. The Balaban J connectivity index is 1.70. The maximum Gasteiger partial charge on any atom is 0.289 e. The quantitative estimate of drug-likeness (QED) is 0.478. The highest BCUT2D eigenvalue weighted by molar-refractivity contribution is 6.35. The van der Waals surface area contributed by atoms with Crippen LogP contribution >= 0.6 is 23.2 Å². The molecule has 0 spiro atoms. The number of rotatable bonds is 4. The molecule has 1 aromatic heterocycles. The number of H-pyrrole nitrogens is 1. The fourth-order valence-corrected chi connectivity index (χ4v) is 2.64. The second kappa shape index (κ2) is 7.38. The third-order valence-corrected chi connectivity index (χ3v) is 3.67. The van der Waals surface area contributed by atoms with Gasteiger partial charge in [-0.25, -0.2) is 5.43 Å². The fraction of sp³-hybridized carbons (Fsp3) is 0. The number of halogens is 2. The van der Waals surface area contributed by atoms with Crippen LogP contribution < -0.4 is 5.43 Å². The number of carbonyl (C=O) groups excluding carboxylic acids is 1. The number of nitrogens with zero attached hydrogens (tertiary/aromatic N) is 2. The lowest BCUT2D eigenvalue weighted by Gasteiger charge is -1.98. The van der Waals surface area contributed by atoms with Crippen LogP contribution in [-0.2, 0) is 0 Å². The topological polar surface area (TPSA) is 90.4 Å². The van der Waals surface area contributed by atoms with Gasteiger partial charge in [-0.05, 0) is 42.0 Å². The molecule has 0 fully saturated rings. The summed E-state index contributed by atoms with van der Waals surface area (Å²) < 4.78 is 0. The minimum absolute atomic E-state index is 0.119. The van der Waals surface area contributed by atoms with E-state index in [0.29, 0.717) is 26.9 Å². The van der Waals surface area contributed by atoms with E-state index >= 15 is 0 Å². The van der Waals surface area contributed by atoms with Crippen LogP contribution in [-0.4, -0.2) is 27.4 Å². The summed E-state index contributed by atoms with van der Waals surface area (Å²) in [5.41, 5.74) is 4.49. The van der Waals surface area contributed by atoms with E-state index in [9.17, 15) is 9.90 Å². The number of phenols is 1. The molecule has 0 bridgehead atoms. The highest BCUT2D eigenvalue weighted by atomic mass is 35.5. The third kappa shape index (κ3) is 4.37. The van der Waals surface area contributed by atoms with Crippen molar-refractivity contribution in [3.8, 4) is 17.0 Å². The van der Waals surface area contributed by atoms with Gasteiger partial charge in [-0.15, -0.1) is 0 Å². The van der Waals surface area contributed by atoms with Crippen molar-refractivity contribution in [3.05, 3.63) is 69.8 Å².